The van der Waals surface area contributed by atoms with Crippen molar-refractivity contribution in [2.45, 2.75) is 39.2 Å². The molecule has 0 fully saturated rings. The molecule has 1 rings (SSSR count). The van der Waals surface area contributed by atoms with Gasteiger partial charge in [0, 0.05) is 25.3 Å². The SMILES string of the molecule is CCN(C(=O)C[C@H]1C=CCC1)[C@H](C)CS(C)(=O)=O. The molecular formula is C13H23NO3S. The second kappa shape index (κ2) is 6.36. The summed E-state index contributed by atoms with van der Waals surface area (Å²) in [6.45, 7) is 4.25. The van der Waals surface area contributed by atoms with E-state index in [1.807, 2.05) is 6.92 Å². The van der Waals surface area contributed by atoms with Crippen molar-refractivity contribution in [3.8, 4) is 0 Å². The zero-order chi connectivity index (χ0) is 13.8. The first-order valence-corrected chi connectivity index (χ1v) is 8.53. The molecule has 0 aromatic rings. The molecule has 0 spiro atoms. The summed E-state index contributed by atoms with van der Waals surface area (Å²) in [7, 11) is -3.05. The van der Waals surface area contributed by atoms with Crippen molar-refractivity contribution in [2.75, 3.05) is 18.6 Å². The lowest BCUT2D eigenvalue weighted by molar-refractivity contribution is -0.133. The van der Waals surface area contributed by atoms with Crippen LogP contribution >= 0.6 is 0 Å². The van der Waals surface area contributed by atoms with Gasteiger partial charge in [0.25, 0.3) is 0 Å². The molecule has 0 aromatic carbocycles. The van der Waals surface area contributed by atoms with E-state index in [1.54, 1.807) is 11.8 Å². The van der Waals surface area contributed by atoms with Gasteiger partial charge in [-0.1, -0.05) is 12.2 Å². The predicted molar refractivity (Wildman–Crippen MR) is 73.0 cm³/mol. The van der Waals surface area contributed by atoms with Gasteiger partial charge >= 0.3 is 0 Å². The third-order valence-electron chi connectivity index (χ3n) is 3.29. The Kier molecular flexibility index (Phi) is 5.38. The first-order valence-electron chi connectivity index (χ1n) is 6.47. The predicted octanol–water partition coefficient (Wildman–Crippen LogP) is 1.62. The lowest BCUT2D eigenvalue weighted by Crippen LogP contribution is -2.42. The Morgan fingerprint density at radius 1 is 1.50 bits per heavy atom. The van der Waals surface area contributed by atoms with Gasteiger partial charge in [0.05, 0.1) is 5.75 Å². The second-order valence-corrected chi connectivity index (χ2v) is 7.28. The van der Waals surface area contributed by atoms with Gasteiger partial charge in [0.15, 0.2) is 0 Å². The zero-order valence-electron chi connectivity index (χ0n) is 11.4. The van der Waals surface area contributed by atoms with Gasteiger partial charge in [0.1, 0.15) is 9.84 Å². The van der Waals surface area contributed by atoms with Crippen LogP contribution in [-0.4, -0.2) is 43.8 Å². The van der Waals surface area contributed by atoms with Gasteiger partial charge in [-0.25, -0.2) is 8.42 Å². The van der Waals surface area contributed by atoms with Crippen LogP contribution in [0.4, 0.5) is 0 Å². The van der Waals surface area contributed by atoms with Gasteiger partial charge in [0.2, 0.25) is 5.91 Å². The number of nitrogens with zero attached hydrogens (tertiary/aromatic N) is 1. The summed E-state index contributed by atoms with van der Waals surface area (Å²) in [6, 6.07) is -0.247. The Hall–Kier alpha value is -0.840. The number of sulfone groups is 1. The van der Waals surface area contributed by atoms with E-state index >= 15 is 0 Å². The normalized spacial score (nSPS) is 20.9. The highest BCUT2D eigenvalue weighted by Crippen LogP contribution is 2.21. The average molecular weight is 273 g/mol. The fourth-order valence-electron chi connectivity index (χ4n) is 2.47. The fraction of sp³-hybridized carbons (Fsp3) is 0.769. The number of carbonyl (C=O) groups is 1. The highest BCUT2D eigenvalue weighted by Gasteiger charge is 2.24. The van der Waals surface area contributed by atoms with Crippen molar-refractivity contribution < 1.29 is 13.2 Å². The van der Waals surface area contributed by atoms with E-state index in [9.17, 15) is 13.2 Å². The third-order valence-corrected chi connectivity index (χ3v) is 4.37. The van der Waals surface area contributed by atoms with E-state index < -0.39 is 9.84 Å². The van der Waals surface area contributed by atoms with Crippen LogP contribution in [0, 0.1) is 5.92 Å². The summed E-state index contributed by atoms with van der Waals surface area (Å²) in [4.78, 5) is 13.8. The smallest absolute Gasteiger partial charge is 0.223 e. The van der Waals surface area contributed by atoms with Crippen LogP contribution in [0.1, 0.15) is 33.1 Å². The molecule has 0 saturated heterocycles. The van der Waals surface area contributed by atoms with Crippen molar-refractivity contribution in [3.05, 3.63) is 12.2 Å². The van der Waals surface area contributed by atoms with Crippen LogP contribution in [0.5, 0.6) is 0 Å². The minimum absolute atomic E-state index is 0.0348. The molecule has 4 nitrogen and oxygen atoms in total. The van der Waals surface area contributed by atoms with Crippen LogP contribution in [0.15, 0.2) is 12.2 Å². The van der Waals surface area contributed by atoms with Crippen LogP contribution in [0.3, 0.4) is 0 Å². The minimum Gasteiger partial charge on any atom is -0.339 e. The standard InChI is InChI=1S/C13H23NO3S/c1-4-14(11(2)10-18(3,16)17)13(15)9-12-7-5-6-8-12/h5,7,11-12H,4,6,8-10H2,1-3H3/t11-,12+/m1/s1. The Morgan fingerprint density at radius 2 is 2.17 bits per heavy atom. The van der Waals surface area contributed by atoms with Gasteiger partial charge in [-0.05, 0) is 32.6 Å². The number of hydrogen-bond acceptors (Lipinski definition) is 3. The van der Waals surface area contributed by atoms with Crippen LogP contribution in [0.2, 0.25) is 0 Å². The number of allylic oxidation sites excluding steroid dienone is 2. The molecule has 2 atom stereocenters. The largest absolute Gasteiger partial charge is 0.339 e. The van der Waals surface area contributed by atoms with Gasteiger partial charge < -0.3 is 4.90 Å². The maximum atomic E-state index is 12.2. The van der Waals surface area contributed by atoms with Crippen molar-refractivity contribution in [2.24, 2.45) is 5.92 Å². The Balaban J connectivity index is 2.58. The zero-order valence-corrected chi connectivity index (χ0v) is 12.2. The number of carbonyl (C=O) groups excluding carboxylic acids is 1. The molecule has 0 bridgehead atoms. The molecule has 1 amide bonds. The van der Waals surface area contributed by atoms with Gasteiger partial charge in [-0.15, -0.1) is 0 Å². The number of hydrogen-bond donors (Lipinski definition) is 0. The van der Waals surface area contributed by atoms with E-state index in [0.29, 0.717) is 18.9 Å². The highest BCUT2D eigenvalue weighted by molar-refractivity contribution is 7.90. The van der Waals surface area contributed by atoms with Crippen molar-refractivity contribution >= 4 is 15.7 Å². The molecule has 18 heavy (non-hydrogen) atoms. The molecule has 104 valence electrons. The monoisotopic (exact) mass is 273 g/mol. The van der Waals surface area contributed by atoms with E-state index in [4.69, 9.17) is 0 Å². The second-order valence-electron chi connectivity index (χ2n) is 5.09. The maximum absolute atomic E-state index is 12.2. The molecule has 0 heterocycles. The van der Waals surface area contributed by atoms with E-state index in [-0.39, 0.29) is 17.7 Å². The maximum Gasteiger partial charge on any atom is 0.223 e. The first kappa shape index (κ1) is 15.2. The van der Waals surface area contributed by atoms with Gasteiger partial charge in [-0.2, -0.15) is 0 Å². The molecule has 0 unspecified atom stereocenters. The molecule has 0 aromatic heterocycles. The molecule has 0 radical (unpaired) electrons. The summed E-state index contributed by atoms with van der Waals surface area (Å²) in [5.74, 6) is 0.426. The summed E-state index contributed by atoms with van der Waals surface area (Å²) in [6.07, 6.45) is 7.98. The quantitative estimate of drug-likeness (QED) is 0.691. The Bertz CT molecular complexity index is 414. The summed E-state index contributed by atoms with van der Waals surface area (Å²) in [5.41, 5.74) is 0. The Morgan fingerprint density at radius 3 is 2.61 bits per heavy atom. The molecule has 5 heteroatoms. The highest BCUT2D eigenvalue weighted by atomic mass is 32.2. The van der Waals surface area contributed by atoms with Crippen LogP contribution in [0.25, 0.3) is 0 Å². The molecule has 0 saturated carbocycles. The topological polar surface area (TPSA) is 54.5 Å². The van der Waals surface area contributed by atoms with Crippen LogP contribution < -0.4 is 0 Å². The number of rotatable bonds is 6. The van der Waals surface area contributed by atoms with Crippen molar-refractivity contribution in [1.82, 2.24) is 4.90 Å². The molecule has 1 aliphatic carbocycles. The summed E-state index contributed by atoms with van der Waals surface area (Å²) >= 11 is 0. The van der Waals surface area contributed by atoms with Gasteiger partial charge in [-0.3, -0.25) is 4.79 Å². The van der Waals surface area contributed by atoms with E-state index in [1.165, 1.54) is 6.26 Å². The lowest BCUT2D eigenvalue weighted by atomic mass is 10.0. The molecule has 1 aliphatic rings. The minimum atomic E-state index is -3.05. The molecular weight excluding hydrogens is 250 g/mol. The van der Waals surface area contributed by atoms with Crippen molar-refractivity contribution in [3.63, 3.8) is 0 Å². The summed E-state index contributed by atoms with van der Waals surface area (Å²) in [5, 5.41) is 0. The Labute approximate surface area is 110 Å². The lowest BCUT2D eigenvalue weighted by Gasteiger charge is -2.28. The fourth-order valence-corrected chi connectivity index (χ4v) is 3.53. The first-order chi connectivity index (χ1) is 8.33. The molecule has 0 aliphatic heterocycles. The summed E-state index contributed by atoms with van der Waals surface area (Å²) < 4.78 is 22.6. The third kappa shape index (κ3) is 4.80. The van der Waals surface area contributed by atoms with Crippen molar-refractivity contribution in [1.29, 1.82) is 0 Å². The van der Waals surface area contributed by atoms with E-state index in [0.717, 1.165) is 12.8 Å². The average Bonchev–Trinajstić information content (AvgIpc) is 2.68. The molecule has 0 N–H and O–H groups in total. The van der Waals surface area contributed by atoms with E-state index in [2.05, 4.69) is 12.2 Å². The van der Waals surface area contributed by atoms with Crippen LogP contribution in [-0.2, 0) is 14.6 Å². The number of amides is 1.